The Bertz CT molecular complexity index is 1010. The summed E-state index contributed by atoms with van der Waals surface area (Å²) in [5, 5.41) is 2.50. The van der Waals surface area contributed by atoms with E-state index in [0.29, 0.717) is 5.69 Å². The maximum Gasteiger partial charge on any atom is 0.573 e. The van der Waals surface area contributed by atoms with E-state index in [-0.39, 0.29) is 24.6 Å². The maximum atomic E-state index is 13.0. The lowest BCUT2D eigenvalue weighted by atomic mass is 10.2. The molecule has 1 aliphatic carbocycles. The van der Waals surface area contributed by atoms with Crippen molar-refractivity contribution in [2.45, 2.75) is 17.5 Å². The van der Waals surface area contributed by atoms with Crippen molar-refractivity contribution in [1.82, 2.24) is 0 Å². The molecule has 0 radical (unpaired) electrons. The van der Waals surface area contributed by atoms with Crippen LogP contribution >= 0.6 is 0 Å². The summed E-state index contributed by atoms with van der Waals surface area (Å²) in [5.41, 5.74) is 0.684. The Hall–Kier alpha value is -2.75. The summed E-state index contributed by atoms with van der Waals surface area (Å²) in [6.45, 7) is 0.220. The molecule has 2 atom stereocenters. The molecule has 0 aromatic heterocycles. The van der Waals surface area contributed by atoms with Crippen LogP contribution in [0.15, 0.2) is 54.6 Å². The molecule has 10 heteroatoms. The molecule has 1 amide bonds. The van der Waals surface area contributed by atoms with E-state index in [1.54, 1.807) is 30.3 Å². The molecule has 0 unspecified atom stereocenters. The van der Waals surface area contributed by atoms with Gasteiger partial charge in [-0.1, -0.05) is 18.2 Å². The Morgan fingerprint density at radius 1 is 1.11 bits per heavy atom. The molecule has 148 valence electrons. The van der Waals surface area contributed by atoms with Gasteiger partial charge in [-0.2, -0.15) is 0 Å². The Morgan fingerprint density at radius 2 is 1.75 bits per heavy atom. The fourth-order valence-electron chi connectivity index (χ4n) is 3.54. The number of anilines is 2. The maximum absolute atomic E-state index is 13.0. The lowest BCUT2D eigenvalue weighted by molar-refractivity contribution is -0.274. The van der Waals surface area contributed by atoms with Crippen molar-refractivity contribution in [3.63, 3.8) is 0 Å². The van der Waals surface area contributed by atoms with E-state index in [9.17, 15) is 26.4 Å². The van der Waals surface area contributed by atoms with Crippen LogP contribution in [0, 0.1) is 5.92 Å². The van der Waals surface area contributed by atoms with Crippen LogP contribution in [0.1, 0.15) is 6.42 Å². The van der Waals surface area contributed by atoms with Crippen LogP contribution in [-0.4, -0.2) is 32.0 Å². The largest absolute Gasteiger partial charge is 0.573 e. The van der Waals surface area contributed by atoms with Gasteiger partial charge in [-0.15, -0.1) is 13.2 Å². The van der Waals surface area contributed by atoms with Gasteiger partial charge < -0.3 is 10.1 Å². The fraction of sp³-hybridized carbons (Fsp3) is 0.278. The number of nitrogens with zero attached hydrogens (tertiary/aromatic N) is 1. The SMILES string of the molecule is O=C(Nc1ccc(OC(F)(F)F)cc1)[C@]12C[C@@H]1CN(c1ccccc1)S2(=O)=O. The van der Waals surface area contributed by atoms with Crippen LogP contribution in [0.5, 0.6) is 5.75 Å². The quantitative estimate of drug-likeness (QED) is 0.837. The van der Waals surface area contributed by atoms with E-state index >= 15 is 0 Å². The first-order chi connectivity index (χ1) is 13.1. The number of carbonyl (C=O) groups is 1. The Balaban J connectivity index is 1.52. The number of sulfonamides is 1. The minimum atomic E-state index is -4.82. The number of fused-ring (bicyclic) bond motifs is 1. The highest BCUT2D eigenvalue weighted by atomic mass is 32.2. The second-order valence-corrected chi connectivity index (χ2v) is 8.81. The predicted octanol–water partition coefficient (Wildman–Crippen LogP) is 3.13. The van der Waals surface area contributed by atoms with Crippen molar-refractivity contribution < 1.29 is 31.1 Å². The van der Waals surface area contributed by atoms with Gasteiger partial charge in [0.05, 0.1) is 5.69 Å². The standard InChI is InChI=1S/C18H15F3N2O4S/c19-18(20,21)27-15-8-6-13(7-9-15)22-16(24)17-10-12(17)11-23(28(17,25)26)14-4-2-1-3-5-14/h1-9,12H,10-11H2,(H,22,24)/t12-,17+/m1/s1. The molecule has 0 spiro atoms. The van der Waals surface area contributed by atoms with Gasteiger partial charge in [0.2, 0.25) is 15.9 Å². The highest BCUT2D eigenvalue weighted by Gasteiger charge is 2.75. The van der Waals surface area contributed by atoms with Gasteiger partial charge >= 0.3 is 6.36 Å². The summed E-state index contributed by atoms with van der Waals surface area (Å²) in [6.07, 6.45) is -4.59. The number of rotatable bonds is 4. The lowest BCUT2D eigenvalue weighted by Crippen LogP contribution is -2.42. The number of carbonyl (C=O) groups excluding carboxylic acids is 1. The van der Waals surface area contributed by atoms with E-state index in [2.05, 4.69) is 10.1 Å². The predicted molar refractivity (Wildman–Crippen MR) is 95.3 cm³/mol. The Kier molecular flexibility index (Phi) is 4.07. The van der Waals surface area contributed by atoms with Crippen LogP contribution in [0.3, 0.4) is 0 Å². The van der Waals surface area contributed by atoms with Crippen molar-refractivity contribution >= 4 is 27.3 Å². The Morgan fingerprint density at radius 3 is 2.36 bits per heavy atom. The first kappa shape index (κ1) is 18.6. The molecule has 4 rings (SSSR count). The number of alkyl halides is 3. The number of ether oxygens (including phenoxy) is 1. The van der Waals surface area contributed by atoms with E-state index < -0.39 is 32.8 Å². The number of para-hydroxylation sites is 1. The first-order valence-corrected chi connectivity index (χ1v) is 9.82. The third-order valence-corrected chi connectivity index (χ3v) is 7.51. The Labute approximate surface area is 159 Å². The second kappa shape index (κ2) is 6.13. The molecule has 2 aromatic carbocycles. The minimum absolute atomic E-state index is 0.188. The smallest absolute Gasteiger partial charge is 0.406 e. The number of benzene rings is 2. The molecule has 28 heavy (non-hydrogen) atoms. The summed E-state index contributed by atoms with van der Waals surface area (Å²) in [6, 6.07) is 13.1. The summed E-state index contributed by atoms with van der Waals surface area (Å²) in [5.74, 6) is -1.44. The van der Waals surface area contributed by atoms with E-state index in [4.69, 9.17) is 0 Å². The first-order valence-electron chi connectivity index (χ1n) is 8.38. The number of amides is 1. The van der Waals surface area contributed by atoms with Crippen molar-refractivity contribution in [2.24, 2.45) is 5.92 Å². The molecule has 1 aliphatic heterocycles. The second-order valence-electron chi connectivity index (χ2n) is 6.69. The minimum Gasteiger partial charge on any atom is -0.406 e. The number of halogens is 3. The van der Waals surface area contributed by atoms with Crippen LogP contribution in [0.2, 0.25) is 0 Å². The average molecular weight is 412 g/mol. The van der Waals surface area contributed by atoms with E-state index in [1.165, 1.54) is 16.4 Å². The molecule has 2 fully saturated rings. The zero-order valence-corrected chi connectivity index (χ0v) is 15.1. The van der Waals surface area contributed by atoms with Gasteiger partial charge in [0.25, 0.3) is 0 Å². The monoisotopic (exact) mass is 412 g/mol. The van der Waals surface area contributed by atoms with Gasteiger partial charge in [0.15, 0.2) is 4.75 Å². The highest BCUT2D eigenvalue weighted by Crippen LogP contribution is 2.58. The van der Waals surface area contributed by atoms with Gasteiger partial charge in [0, 0.05) is 18.2 Å². The molecule has 2 aliphatic rings. The van der Waals surface area contributed by atoms with Crippen LogP contribution < -0.4 is 14.4 Å². The number of nitrogens with one attached hydrogen (secondary N) is 1. The molecule has 1 N–H and O–H groups in total. The van der Waals surface area contributed by atoms with Gasteiger partial charge in [0.1, 0.15) is 5.75 Å². The van der Waals surface area contributed by atoms with E-state index in [1.807, 2.05) is 0 Å². The molecule has 1 saturated carbocycles. The zero-order valence-electron chi connectivity index (χ0n) is 14.3. The molecule has 1 saturated heterocycles. The summed E-state index contributed by atoms with van der Waals surface area (Å²) >= 11 is 0. The fourth-order valence-corrected chi connectivity index (χ4v) is 5.90. The average Bonchev–Trinajstić information content (AvgIpc) is 3.32. The molecule has 1 heterocycles. The van der Waals surface area contributed by atoms with Crippen molar-refractivity contribution in [3.8, 4) is 5.75 Å². The normalized spacial score (nSPS) is 25.1. The van der Waals surface area contributed by atoms with Gasteiger partial charge in [-0.05, 0) is 42.8 Å². The highest BCUT2D eigenvalue weighted by molar-refractivity contribution is 7.95. The van der Waals surface area contributed by atoms with Crippen molar-refractivity contribution in [2.75, 3.05) is 16.2 Å². The van der Waals surface area contributed by atoms with E-state index in [0.717, 1.165) is 12.1 Å². The molecule has 0 bridgehead atoms. The number of hydrogen-bond acceptors (Lipinski definition) is 4. The molecular weight excluding hydrogens is 397 g/mol. The van der Waals surface area contributed by atoms with Crippen molar-refractivity contribution in [1.29, 1.82) is 0 Å². The van der Waals surface area contributed by atoms with Gasteiger partial charge in [-0.3, -0.25) is 9.10 Å². The third-order valence-electron chi connectivity index (χ3n) is 4.96. The topological polar surface area (TPSA) is 75.7 Å². The summed E-state index contributed by atoms with van der Waals surface area (Å²) < 4.78 is 66.1. The van der Waals surface area contributed by atoms with Gasteiger partial charge in [-0.25, -0.2) is 8.42 Å². The van der Waals surface area contributed by atoms with Crippen LogP contribution in [0.4, 0.5) is 24.5 Å². The summed E-state index contributed by atoms with van der Waals surface area (Å²) in [7, 11) is -3.91. The molecule has 2 aromatic rings. The summed E-state index contributed by atoms with van der Waals surface area (Å²) in [4.78, 5) is 12.8. The number of hydrogen-bond donors (Lipinski definition) is 1. The van der Waals surface area contributed by atoms with Crippen molar-refractivity contribution in [3.05, 3.63) is 54.6 Å². The lowest BCUT2D eigenvalue weighted by Gasteiger charge is -2.23. The van der Waals surface area contributed by atoms with Crippen LogP contribution in [-0.2, 0) is 14.8 Å². The zero-order chi connectivity index (χ0) is 20.2. The molecule has 6 nitrogen and oxygen atoms in total. The van der Waals surface area contributed by atoms with Crippen LogP contribution in [0.25, 0.3) is 0 Å². The third kappa shape index (κ3) is 2.97. The molecular formula is C18H15F3N2O4S.